The minimum absolute atomic E-state index is 0.221. The first-order valence-electron chi connectivity index (χ1n) is 4.56. The summed E-state index contributed by atoms with van der Waals surface area (Å²) in [7, 11) is 0. The Bertz CT molecular complexity index is 370. The molecule has 0 spiro atoms. The normalized spacial score (nSPS) is 12.3. The van der Waals surface area contributed by atoms with Gasteiger partial charge in [0.2, 0.25) is 5.91 Å². The molecule has 3 N–H and O–H groups in total. The van der Waals surface area contributed by atoms with Gasteiger partial charge in [0, 0.05) is 4.47 Å². The molecule has 0 aromatic heterocycles. The Morgan fingerprint density at radius 1 is 1.67 bits per heavy atom. The fourth-order valence-electron chi connectivity index (χ4n) is 1.00. The van der Waals surface area contributed by atoms with Crippen LogP contribution in [0.15, 0.2) is 22.7 Å². The van der Waals surface area contributed by atoms with E-state index in [1.54, 1.807) is 18.2 Å². The minimum Gasteiger partial charge on any atom is -0.323 e. The molecule has 0 fully saturated rings. The molecule has 82 valence electrons. The highest BCUT2D eigenvalue weighted by Crippen LogP contribution is 2.25. The summed E-state index contributed by atoms with van der Waals surface area (Å²) < 4.78 is 0.866. The van der Waals surface area contributed by atoms with Crippen LogP contribution in [0.1, 0.15) is 13.3 Å². The van der Waals surface area contributed by atoms with Gasteiger partial charge in [-0.2, -0.15) is 0 Å². The van der Waals surface area contributed by atoms with Crippen LogP contribution in [0.4, 0.5) is 5.69 Å². The zero-order chi connectivity index (χ0) is 11.4. The highest BCUT2D eigenvalue weighted by molar-refractivity contribution is 9.10. The maximum absolute atomic E-state index is 11.5. The van der Waals surface area contributed by atoms with E-state index in [1.807, 2.05) is 6.92 Å². The molecule has 15 heavy (non-hydrogen) atoms. The van der Waals surface area contributed by atoms with Crippen LogP contribution in [-0.4, -0.2) is 11.9 Å². The van der Waals surface area contributed by atoms with Gasteiger partial charge in [0.05, 0.1) is 16.8 Å². The summed E-state index contributed by atoms with van der Waals surface area (Å²) in [6.07, 6.45) is 0.597. The molecule has 0 unspecified atom stereocenters. The monoisotopic (exact) mass is 290 g/mol. The number of nitrogens with two attached hydrogens (primary N) is 1. The summed E-state index contributed by atoms with van der Waals surface area (Å²) in [6, 6.07) is 4.75. The molecule has 0 aliphatic carbocycles. The Morgan fingerprint density at radius 3 is 2.87 bits per heavy atom. The molecule has 3 nitrogen and oxygen atoms in total. The van der Waals surface area contributed by atoms with Crippen LogP contribution in [-0.2, 0) is 4.79 Å². The van der Waals surface area contributed by atoms with E-state index in [1.165, 1.54) is 0 Å². The van der Waals surface area contributed by atoms with Gasteiger partial charge < -0.3 is 11.1 Å². The molecule has 1 amide bonds. The SMILES string of the molecule is CC[C@@H](N)C(=O)Nc1ccc(Br)cc1Cl. The molecule has 1 rings (SSSR count). The molecule has 1 aromatic rings. The van der Waals surface area contributed by atoms with Crippen LogP contribution in [0, 0.1) is 0 Å². The molecule has 0 aliphatic rings. The number of amides is 1. The summed E-state index contributed by atoms with van der Waals surface area (Å²) >= 11 is 9.22. The lowest BCUT2D eigenvalue weighted by Crippen LogP contribution is -2.34. The van der Waals surface area contributed by atoms with E-state index < -0.39 is 6.04 Å². The topological polar surface area (TPSA) is 55.1 Å². The van der Waals surface area contributed by atoms with Crippen LogP contribution in [0.25, 0.3) is 0 Å². The number of benzene rings is 1. The van der Waals surface area contributed by atoms with Crippen LogP contribution in [0.3, 0.4) is 0 Å². The Kier molecular flexibility index (Phi) is 4.57. The quantitative estimate of drug-likeness (QED) is 0.900. The van der Waals surface area contributed by atoms with Gasteiger partial charge in [-0.1, -0.05) is 34.5 Å². The molecule has 0 aliphatic heterocycles. The number of rotatable bonds is 3. The van der Waals surface area contributed by atoms with Crippen molar-refractivity contribution in [1.29, 1.82) is 0 Å². The van der Waals surface area contributed by atoms with Crippen molar-refractivity contribution in [3.05, 3.63) is 27.7 Å². The molecule has 0 heterocycles. The van der Waals surface area contributed by atoms with E-state index in [-0.39, 0.29) is 5.91 Å². The van der Waals surface area contributed by atoms with Crippen molar-refractivity contribution in [2.24, 2.45) is 5.73 Å². The van der Waals surface area contributed by atoms with Crippen molar-refractivity contribution in [2.45, 2.75) is 19.4 Å². The molecular weight excluding hydrogens is 279 g/mol. The molecular formula is C10H12BrClN2O. The smallest absolute Gasteiger partial charge is 0.241 e. The van der Waals surface area contributed by atoms with Crippen LogP contribution >= 0.6 is 27.5 Å². The third-order valence-corrected chi connectivity index (χ3v) is 2.77. The van der Waals surface area contributed by atoms with Crippen LogP contribution in [0.5, 0.6) is 0 Å². The predicted molar refractivity (Wildman–Crippen MR) is 66.0 cm³/mol. The van der Waals surface area contributed by atoms with Crippen molar-refractivity contribution in [3.63, 3.8) is 0 Å². The minimum atomic E-state index is -0.496. The zero-order valence-corrected chi connectivity index (χ0v) is 10.6. The number of hydrogen-bond donors (Lipinski definition) is 2. The number of anilines is 1. The summed E-state index contributed by atoms with van der Waals surface area (Å²) in [5, 5.41) is 3.16. The van der Waals surface area contributed by atoms with Crippen LogP contribution in [0.2, 0.25) is 5.02 Å². The first kappa shape index (κ1) is 12.5. The number of nitrogens with one attached hydrogen (secondary N) is 1. The van der Waals surface area contributed by atoms with Gasteiger partial charge in [-0.15, -0.1) is 0 Å². The first-order chi connectivity index (χ1) is 7.04. The third kappa shape index (κ3) is 3.48. The average Bonchev–Trinajstić information content (AvgIpc) is 2.20. The van der Waals surface area contributed by atoms with Crippen molar-refractivity contribution in [1.82, 2.24) is 0 Å². The van der Waals surface area contributed by atoms with Gasteiger partial charge in [0.25, 0.3) is 0 Å². The second-order valence-corrected chi connectivity index (χ2v) is 4.45. The van der Waals surface area contributed by atoms with Gasteiger partial charge in [-0.05, 0) is 24.6 Å². The van der Waals surface area contributed by atoms with Gasteiger partial charge >= 0.3 is 0 Å². The molecule has 0 saturated heterocycles. The lowest BCUT2D eigenvalue weighted by Gasteiger charge is -2.11. The first-order valence-corrected chi connectivity index (χ1v) is 5.73. The molecule has 0 saturated carbocycles. The van der Waals surface area contributed by atoms with E-state index in [0.29, 0.717) is 17.1 Å². The van der Waals surface area contributed by atoms with Gasteiger partial charge in [-0.25, -0.2) is 0 Å². The summed E-state index contributed by atoms with van der Waals surface area (Å²) in [5.74, 6) is -0.221. The maximum atomic E-state index is 11.5. The second-order valence-electron chi connectivity index (χ2n) is 3.13. The standard InChI is InChI=1S/C10H12BrClN2O/c1-2-8(13)10(15)14-9-4-3-6(11)5-7(9)12/h3-5,8H,2,13H2,1H3,(H,14,15)/t8-/m1/s1. The Labute approximate surface area is 102 Å². The van der Waals surface area contributed by atoms with Gasteiger partial charge in [-0.3, -0.25) is 4.79 Å². The van der Waals surface area contributed by atoms with Crippen LogP contribution < -0.4 is 11.1 Å². The number of halogens is 2. The second kappa shape index (κ2) is 5.49. The lowest BCUT2D eigenvalue weighted by molar-refractivity contribution is -0.117. The van der Waals surface area contributed by atoms with Crippen molar-refractivity contribution >= 4 is 39.1 Å². The van der Waals surface area contributed by atoms with Gasteiger partial charge in [0.1, 0.15) is 0 Å². The summed E-state index contributed by atoms with van der Waals surface area (Å²) in [5.41, 5.74) is 6.16. The Morgan fingerprint density at radius 2 is 2.33 bits per heavy atom. The molecule has 1 aromatic carbocycles. The number of carbonyl (C=O) groups excluding carboxylic acids is 1. The summed E-state index contributed by atoms with van der Waals surface area (Å²) in [6.45, 7) is 1.85. The van der Waals surface area contributed by atoms with E-state index in [9.17, 15) is 4.79 Å². The van der Waals surface area contributed by atoms with Crippen molar-refractivity contribution in [2.75, 3.05) is 5.32 Å². The largest absolute Gasteiger partial charge is 0.323 e. The van der Waals surface area contributed by atoms with E-state index >= 15 is 0 Å². The van der Waals surface area contributed by atoms with E-state index in [4.69, 9.17) is 17.3 Å². The highest BCUT2D eigenvalue weighted by Gasteiger charge is 2.12. The predicted octanol–water partition coefficient (Wildman–Crippen LogP) is 2.78. The molecule has 0 radical (unpaired) electrons. The van der Waals surface area contributed by atoms with E-state index in [0.717, 1.165) is 4.47 Å². The van der Waals surface area contributed by atoms with Crippen molar-refractivity contribution < 1.29 is 4.79 Å². The average molecular weight is 292 g/mol. The lowest BCUT2D eigenvalue weighted by atomic mass is 10.2. The Balaban J connectivity index is 2.77. The third-order valence-electron chi connectivity index (χ3n) is 1.97. The zero-order valence-electron chi connectivity index (χ0n) is 8.26. The fourth-order valence-corrected chi connectivity index (χ4v) is 1.72. The Hall–Kier alpha value is -0.580. The fraction of sp³-hybridized carbons (Fsp3) is 0.300. The number of hydrogen-bond acceptors (Lipinski definition) is 2. The van der Waals surface area contributed by atoms with E-state index in [2.05, 4.69) is 21.2 Å². The molecule has 1 atom stereocenters. The highest BCUT2D eigenvalue weighted by atomic mass is 79.9. The summed E-state index contributed by atoms with van der Waals surface area (Å²) in [4.78, 5) is 11.5. The molecule has 5 heteroatoms. The van der Waals surface area contributed by atoms with Crippen molar-refractivity contribution in [3.8, 4) is 0 Å². The number of carbonyl (C=O) groups is 1. The van der Waals surface area contributed by atoms with Gasteiger partial charge in [0.15, 0.2) is 0 Å². The maximum Gasteiger partial charge on any atom is 0.241 e. The molecule has 0 bridgehead atoms.